The number of hydrogen-bond acceptors (Lipinski definition) is 1. The van der Waals surface area contributed by atoms with Gasteiger partial charge in [0.1, 0.15) is 0 Å². The topological polar surface area (TPSA) is 12.0 Å². The first-order chi connectivity index (χ1) is 5.31. The monoisotopic (exact) mass is 151 g/mol. The molecular formula is C10H17N. The van der Waals surface area contributed by atoms with Crippen LogP contribution in [0.4, 0.5) is 0 Å². The summed E-state index contributed by atoms with van der Waals surface area (Å²) in [6.45, 7) is 3.54. The van der Waals surface area contributed by atoms with Crippen molar-refractivity contribution in [2.75, 3.05) is 6.54 Å². The minimum absolute atomic E-state index is 0.385. The molecule has 1 saturated carbocycles. The molecule has 11 heavy (non-hydrogen) atoms. The maximum absolute atomic E-state index is 3.63. The van der Waals surface area contributed by atoms with Crippen LogP contribution in [-0.2, 0) is 0 Å². The van der Waals surface area contributed by atoms with E-state index < -0.39 is 0 Å². The molecule has 0 aromatic heterocycles. The SMILES string of the molecule is CC12CCCCC1=CCCN2. The molecule has 0 radical (unpaired) electrons. The summed E-state index contributed by atoms with van der Waals surface area (Å²) < 4.78 is 0. The maximum Gasteiger partial charge on any atom is 0.0365 e. The van der Waals surface area contributed by atoms with Crippen molar-refractivity contribution in [1.82, 2.24) is 5.32 Å². The highest BCUT2D eigenvalue weighted by molar-refractivity contribution is 5.23. The summed E-state index contributed by atoms with van der Waals surface area (Å²) in [5.41, 5.74) is 2.06. The molecule has 0 amide bonds. The number of hydrogen-bond donors (Lipinski definition) is 1. The van der Waals surface area contributed by atoms with Gasteiger partial charge in [0.15, 0.2) is 0 Å². The summed E-state index contributed by atoms with van der Waals surface area (Å²) in [5, 5.41) is 3.63. The second-order valence-corrected chi connectivity index (χ2v) is 3.98. The Kier molecular flexibility index (Phi) is 1.76. The quantitative estimate of drug-likeness (QED) is 0.523. The van der Waals surface area contributed by atoms with Gasteiger partial charge in [-0.15, -0.1) is 0 Å². The molecular weight excluding hydrogens is 134 g/mol. The van der Waals surface area contributed by atoms with Crippen molar-refractivity contribution in [3.8, 4) is 0 Å². The van der Waals surface area contributed by atoms with Crippen LogP contribution in [0, 0.1) is 0 Å². The lowest BCUT2D eigenvalue weighted by atomic mass is 9.76. The minimum Gasteiger partial charge on any atom is -0.308 e. The highest BCUT2D eigenvalue weighted by Crippen LogP contribution is 2.34. The van der Waals surface area contributed by atoms with Gasteiger partial charge in [0, 0.05) is 5.54 Å². The van der Waals surface area contributed by atoms with E-state index in [1.807, 2.05) is 0 Å². The van der Waals surface area contributed by atoms with Crippen molar-refractivity contribution in [1.29, 1.82) is 0 Å². The van der Waals surface area contributed by atoms with E-state index in [4.69, 9.17) is 0 Å². The van der Waals surface area contributed by atoms with Gasteiger partial charge in [0.25, 0.3) is 0 Å². The van der Waals surface area contributed by atoms with E-state index in [0.717, 1.165) is 0 Å². The lowest BCUT2D eigenvalue weighted by Crippen LogP contribution is -2.48. The first-order valence-electron chi connectivity index (χ1n) is 4.76. The molecule has 1 aliphatic carbocycles. The third-order valence-corrected chi connectivity index (χ3v) is 3.13. The molecule has 1 unspecified atom stereocenters. The van der Waals surface area contributed by atoms with Crippen LogP contribution in [0.15, 0.2) is 11.6 Å². The molecule has 2 rings (SSSR count). The molecule has 62 valence electrons. The largest absolute Gasteiger partial charge is 0.308 e. The van der Waals surface area contributed by atoms with Crippen LogP contribution in [0.3, 0.4) is 0 Å². The second-order valence-electron chi connectivity index (χ2n) is 3.98. The van der Waals surface area contributed by atoms with Crippen LogP contribution >= 0.6 is 0 Å². The van der Waals surface area contributed by atoms with Crippen LogP contribution in [0.2, 0.25) is 0 Å². The zero-order valence-electron chi connectivity index (χ0n) is 7.32. The average Bonchev–Trinajstić information content (AvgIpc) is 2.03. The molecule has 1 N–H and O–H groups in total. The molecule has 1 atom stereocenters. The predicted octanol–water partition coefficient (Wildman–Crippen LogP) is 2.24. The van der Waals surface area contributed by atoms with E-state index >= 15 is 0 Å². The van der Waals surface area contributed by atoms with E-state index in [1.165, 1.54) is 38.6 Å². The summed E-state index contributed by atoms with van der Waals surface area (Å²) in [4.78, 5) is 0. The second kappa shape index (κ2) is 2.63. The Labute approximate surface area is 68.9 Å². The normalized spacial score (nSPS) is 37.7. The summed E-state index contributed by atoms with van der Waals surface area (Å²) in [6, 6.07) is 0. The Balaban J connectivity index is 2.22. The van der Waals surface area contributed by atoms with Crippen LogP contribution in [0.1, 0.15) is 39.0 Å². The minimum atomic E-state index is 0.385. The van der Waals surface area contributed by atoms with Crippen LogP contribution in [0.5, 0.6) is 0 Å². The fraction of sp³-hybridized carbons (Fsp3) is 0.800. The Bertz CT molecular complexity index is 183. The standard InChI is InChI=1S/C10H17N/c1-10-7-3-2-5-9(10)6-4-8-11-10/h6,11H,2-5,7-8H2,1H3. The molecule has 0 bridgehead atoms. The van der Waals surface area contributed by atoms with Crippen molar-refractivity contribution in [3.63, 3.8) is 0 Å². The molecule has 0 aromatic carbocycles. The highest BCUT2D eigenvalue weighted by Gasteiger charge is 2.31. The third-order valence-electron chi connectivity index (χ3n) is 3.13. The van der Waals surface area contributed by atoms with Crippen molar-refractivity contribution < 1.29 is 0 Å². The first-order valence-corrected chi connectivity index (χ1v) is 4.76. The van der Waals surface area contributed by atoms with Crippen LogP contribution in [-0.4, -0.2) is 12.1 Å². The van der Waals surface area contributed by atoms with Gasteiger partial charge < -0.3 is 5.32 Å². The van der Waals surface area contributed by atoms with Crippen molar-refractivity contribution in [2.45, 2.75) is 44.6 Å². The van der Waals surface area contributed by atoms with Gasteiger partial charge in [-0.3, -0.25) is 0 Å². The molecule has 0 spiro atoms. The average molecular weight is 151 g/mol. The molecule has 0 saturated heterocycles. The maximum atomic E-state index is 3.63. The summed E-state index contributed by atoms with van der Waals surface area (Å²) in [6.07, 6.45) is 9.19. The van der Waals surface area contributed by atoms with Crippen LogP contribution in [0.25, 0.3) is 0 Å². The molecule has 1 heterocycles. The van der Waals surface area contributed by atoms with Crippen molar-refractivity contribution in [3.05, 3.63) is 11.6 Å². The zero-order chi connectivity index (χ0) is 7.73. The summed E-state index contributed by atoms with van der Waals surface area (Å²) in [7, 11) is 0. The van der Waals surface area contributed by atoms with Gasteiger partial charge in [0.05, 0.1) is 0 Å². The van der Waals surface area contributed by atoms with Gasteiger partial charge in [-0.25, -0.2) is 0 Å². The number of nitrogens with one attached hydrogen (secondary N) is 1. The van der Waals surface area contributed by atoms with Crippen molar-refractivity contribution >= 4 is 0 Å². The highest BCUT2D eigenvalue weighted by atomic mass is 15.0. The Morgan fingerprint density at radius 1 is 1.45 bits per heavy atom. The first kappa shape index (κ1) is 7.35. The fourth-order valence-corrected chi connectivity index (χ4v) is 2.35. The van der Waals surface area contributed by atoms with Crippen LogP contribution < -0.4 is 5.32 Å². The van der Waals surface area contributed by atoms with E-state index in [2.05, 4.69) is 18.3 Å². The van der Waals surface area contributed by atoms with Crippen molar-refractivity contribution in [2.24, 2.45) is 0 Å². The Hall–Kier alpha value is -0.300. The molecule has 1 heteroatoms. The molecule has 0 aromatic rings. The summed E-state index contributed by atoms with van der Waals surface area (Å²) >= 11 is 0. The number of rotatable bonds is 0. The Morgan fingerprint density at radius 2 is 2.36 bits per heavy atom. The van der Waals surface area contributed by atoms with Gasteiger partial charge >= 0.3 is 0 Å². The zero-order valence-corrected chi connectivity index (χ0v) is 7.32. The lowest BCUT2D eigenvalue weighted by Gasteiger charge is -2.40. The Morgan fingerprint density at radius 3 is 3.18 bits per heavy atom. The molecule has 1 aliphatic heterocycles. The van der Waals surface area contributed by atoms with Gasteiger partial charge in [-0.1, -0.05) is 18.1 Å². The lowest BCUT2D eigenvalue weighted by molar-refractivity contribution is 0.320. The fourth-order valence-electron chi connectivity index (χ4n) is 2.35. The molecule has 1 nitrogen and oxygen atoms in total. The smallest absolute Gasteiger partial charge is 0.0365 e. The van der Waals surface area contributed by atoms with E-state index in [0.29, 0.717) is 5.54 Å². The summed E-state index contributed by atoms with van der Waals surface area (Å²) in [5.74, 6) is 0. The van der Waals surface area contributed by atoms with Gasteiger partial charge in [-0.2, -0.15) is 0 Å². The predicted molar refractivity (Wildman–Crippen MR) is 47.6 cm³/mol. The van der Waals surface area contributed by atoms with Gasteiger partial charge in [0.2, 0.25) is 0 Å². The third kappa shape index (κ3) is 1.22. The van der Waals surface area contributed by atoms with Gasteiger partial charge in [-0.05, 0) is 39.2 Å². The number of fused-ring (bicyclic) bond motifs is 1. The molecule has 2 aliphatic rings. The van der Waals surface area contributed by atoms with E-state index in [-0.39, 0.29) is 0 Å². The van der Waals surface area contributed by atoms with E-state index in [9.17, 15) is 0 Å². The molecule has 1 fully saturated rings. The van der Waals surface area contributed by atoms with E-state index in [1.54, 1.807) is 5.57 Å².